The molecular formula is C11H11F4NO2S2. The molecule has 0 saturated heterocycles. The van der Waals surface area contributed by atoms with Gasteiger partial charge in [-0.05, 0) is 30.4 Å². The molecule has 0 radical (unpaired) electrons. The van der Waals surface area contributed by atoms with Crippen molar-refractivity contribution in [3.8, 4) is 0 Å². The van der Waals surface area contributed by atoms with Gasteiger partial charge in [-0.15, -0.1) is 0 Å². The molecule has 1 N–H and O–H groups in total. The van der Waals surface area contributed by atoms with Gasteiger partial charge >= 0.3 is 6.18 Å². The van der Waals surface area contributed by atoms with Crippen molar-refractivity contribution in [3.05, 3.63) is 23.5 Å². The highest BCUT2D eigenvalue weighted by Crippen LogP contribution is 2.28. The Morgan fingerprint density at radius 3 is 2.55 bits per heavy atom. The fourth-order valence-electron chi connectivity index (χ4n) is 1.38. The minimum absolute atomic E-state index is 0.132. The number of nitrogens with one attached hydrogen (secondary N) is 1. The third-order valence-corrected chi connectivity index (χ3v) is 4.22. The van der Waals surface area contributed by atoms with Crippen LogP contribution >= 0.6 is 11.8 Å². The lowest BCUT2D eigenvalue weighted by atomic mass is 10.2. The number of benzene rings is 1. The molecule has 0 heterocycles. The molecule has 3 nitrogen and oxygen atoms in total. The van der Waals surface area contributed by atoms with Gasteiger partial charge in [-0.2, -0.15) is 13.2 Å². The Morgan fingerprint density at radius 1 is 1.45 bits per heavy atom. The molecule has 0 aliphatic heterocycles. The molecular weight excluding hydrogens is 318 g/mol. The predicted octanol–water partition coefficient (Wildman–Crippen LogP) is 3.70. The summed E-state index contributed by atoms with van der Waals surface area (Å²) < 4.78 is 61.9. The average molecular weight is 329 g/mol. The van der Waals surface area contributed by atoms with Crippen molar-refractivity contribution in [1.29, 1.82) is 0 Å². The quantitative estimate of drug-likeness (QED) is 0.679. The third kappa shape index (κ3) is 4.88. The fraction of sp³-hybridized carbons (Fsp3) is 0.364. The van der Waals surface area contributed by atoms with E-state index in [-0.39, 0.29) is 16.1 Å². The molecule has 0 aromatic heterocycles. The van der Waals surface area contributed by atoms with Gasteiger partial charge < -0.3 is 9.87 Å². The maximum Gasteiger partial charge on any atom is 0.433 e. The number of aryl methyl sites for hydroxylation is 1. The van der Waals surface area contributed by atoms with Crippen molar-refractivity contribution in [3.63, 3.8) is 0 Å². The summed E-state index contributed by atoms with van der Waals surface area (Å²) in [5.74, 6) is -2.31. The van der Waals surface area contributed by atoms with Gasteiger partial charge in [-0.3, -0.25) is 4.79 Å². The molecule has 1 amide bonds. The van der Waals surface area contributed by atoms with E-state index in [1.54, 1.807) is 0 Å². The first kappa shape index (κ1) is 17.1. The van der Waals surface area contributed by atoms with Crippen LogP contribution in [0.1, 0.15) is 5.56 Å². The molecule has 0 spiro atoms. The molecule has 1 atom stereocenters. The van der Waals surface area contributed by atoms with Gasteiger partial charge in [-0.25, -0.2) is 4.39 Å². The summed E-state index contributed by atoms with van der Waals surface area (Å²) >= 11 is -1.57. The number of carbonyl (C=O) groups excluding carboxylic acids is 1. The largest absolute Gasteiger partial charge is 0.611 e. The van der Waals surface area contributed by atoms with E-state index in [0.29, 0.717) is 0 Å². The van der Waals surface area contributed by atoms with Gasteiger partial charge in [-0.1, -0.05) is 11.8 Å². The summed E-state index contributed by atoms with van der Waals surface area (Å²) in [6, 6.07) is 1.92. The maximum absolute atomic E-state index is 13.6. The summed E-state index contributed by atoms with van der Waals surface area (Å²) in [5.41, 5.74) is -0.160. The van der Waals surface area contributed by atoms with Crippen molar-refractivity contribution in [1.82, 2.24) is 0 Å². The number of amides is 1. The molecule has 1 aromatic rings. The first-order valence-electron chi connectivity index (χ1n) is 5.24. The zero-order valence-electron chi connectivity index (χ0n) is 10.5. The third-order valence-electron chi connectivity index (χ3n) is 2.23. The molecule has 1 aromatic carbocycles. The van der Waals surface area contributed by atoms with Crippen LogP contribution in [0.25, 0.3) is 0 Å². The Balaban J connectivity index is 3.07. The van der Waals surface area contributed by atoms with Crippen LogP contribution in [0.3, 0.4) is 0 Å². The van der Waals surface area contributed by atoms with E-state index in [4.69, 9.17) is 0 Å². The molecule has 1 unspecified atom stereocenters. The van der Waals surface area contributed by atoms with Crippen LogP contribution in [-0.4, -0.2) is 28.0 Å². The van der Waals surface area contributed by atoms with Crippen LogP contribution in [0.2, 0.25) is 0 Å². The maximum atomic E-state index is 13.6. The second-order valence-electron chi connectivity index (χ2n) is 3.82. The number of halogens is 4. The molecule has 0 saturated carbocycles. The Morgan fingerprint density at radius 2 is 2.05 bits per heavy atom. The highest BCUT2D eigenvalue weighted by Gasteiger charge is 2.36. The van der Waals surface area contributed by atoms with Gasteiger partial charge in [0.2, 0.25) is 5.75 Å². The van der Waals surface area contributed by atoms with Gasteiger partial charge in [0, 0.05) is 11.6 Å². The topological polar surface area (TPSA) is 52.2 Å². The number of hydrogen-bond acceptors (Lipinski definition) is 3. The SMILES string of the molecule is CSC(=O)Nc1cc([S+]([O-])CC(F)(F)F)c(C)cc1F. The molecule has 20 heavy (non-hydrogen) atoms. The highest BCUT2D eigenvalue weighted by molar-refractivity contribution is 8.13. The number of rotatable bonds is 3. The standard InChI is InChI=1S/C11H11F4NO2S2/c1-6-3-7(12)8(16-10(17)19-2)4-9(6)20(18)5-11(13,14)15/h3-4H,5H2,1-2H3,(H,16,17). The molecule has 0 bridgehead atoms. The second-order valence-corrected chi connectivity index (χ2v) is 6.02. The van der Waals surface area contributed by atoms with E-state index in [0.717, 1.165) is 23.9 Å². The monoisotopic (exact) mass is 329 g/mol. The lowest BCUT2D eigenvalue weighted by molar-refractivity contribution is -0.106. The van der Waals surface area contributed by atoms with E-state index in [2.05, 4.69) is 5.32 Å². The summed E-state index contributed by atoms with van der Waals surface area (Å²) in [6.45, 7) is 1.35. The first-order chi connectivity index (χ1) is 9.14. The summed E-state index contributed by atoms with van der Waals surface area (Å²) in [4.78, 5) is 11.0. The lowest BCUT2D eigenvalue weighted by Gasteiger charge is -2.16. The first-order valence-corrected chi connectivity index (χ1v) is 7.78. The smallest absolute Gasteiger partial charge is 0.433 e. The van der Waals surface area contributed by atoms with Crippen molar-refractivity contribution in [2.75, 3.05) is 17.3 Å². The molecule has 0 aliphatic rings. The molecule has 1 rings (SSSR count). The number of carbonyl (C=O) groups is 1. The van der Waals surface area contributed by atoms with Crippen LogP contribution in [0.4, 0.5) is 28.0 Å². The zero-order chi connectivity index (χ0) is 15.5. The zero-order valence-corrected chi connectivity index (χ0v) is 12.1. The van der Waals surface area contributed by atoms with Crippen LogP contribution < -0.4 is 5.32 Å². The Kier molecular flexibility index (Phi) is 5.72. The van der Waals surface area contributed by atoms with E-state index in [9.17, 15) is 26.9 Å². The van der Waals surface area contributed by atoms with Crippen molar-refractivity contribution < 1.29 is 26.9 Å². The van der Waals surface area contributed by atoms with Gasteiger partial charge in [0.25, 0.3) is 5.24 Å². The van der Waals surface area contributed by atoms with E-state index < -0.39 is 34.2 Å². The summed E-state index contributed by atoms with van der Waals surface area (Å²) in [5, 5.41) is 1.61. The van der Waals surface area contributed by atoms with Crippen molar-refractivity contribution in [2.45, 2.75) is 18.0 Å². The van der Waals surface area contributed by atoms with E-state index >= 15 is 0 Å². The molecule has 9 heteroatoms. The second kappa shape index (κ2) is 6.68. The number of alkyl halides is 3. The summed E-state index contributed by atoms with van der Waals surface area (Å²) in [6.07, 6.45) is -3.13. The van der Waals surface area contributed by atoms with Crippen LogP contribution in [0.5, 0.6) is 0 Å². The van der Waals surface area contributed by atoms with Gasteiger partial charge in [0.15, 0.2) is 4.90 Å². The Labute approximate surface area is 120 Å². The van der Waals surface area contributed by atoms with E-state index in [1.807, 2.05) is 0 Å². The van der Waals surface area contributed by atoms with Crippen LogP contribution in [0, 0.1) is 12.7 Å². The number of anilines is 1. The minimum atomic E-state index is -4.59. The van der Waals surface area contributed by atoms with Crippen molar-refractivity contribution in [2.24, 2.45) is 0 Å². The van der Waals surface area contributed by atoms with Crippen molar-refractivity contribution >= 4 is 33.9 Å². The Hall–Kier alpha value is -0.930. The normalized spacial score (nSPS) is 13.2. The van der Waals surface area contributed by atoms with Crippen LogP contribution in [-0.2, 0) is 11.2 Å². The molecule has 0 aliphatic carbocycles. The van der Waals surface area contributed by atoms with Gasteiger partial charge in [0.05, 0.1) is 5.69 Å². The fourth-order valence-corrected chi connectivity index (χ4v) is 2.71. The molecule has 0 fully saturated rings. The predicted molar refractivity (Wildman–Crippen MR) is 71.0 cm³/mol. The molecule has 112 valence electrons. The van der Waals surface area contributed by atoms with Gasteiger partial charge in [0.1, 0.15) is 5.82 Å². The number of thioether (sulfide) groups is 1. The summed E-state index contributed by atoms with van der Waals surface area (Å²) in [7, 11) is 0. The number of hydrogen-bond donors (Lipinski definition) is 1. The average Bonchev–Trinajstić information content (AvgIpc) is 2.29. The Bertz CT molecular complexity index is 508. The van der Waals surface area contributed by atoms with E-state index in [1.165, 1.54) is 13.2 Å². The highest BCUT2D eigenvalue weighted by atomic mass is 32.2. The lowest BCUT2D eigenvalue weighted by Crippen LogP contribution is -2.23. The van der Waals surface area contributed by atoms with Crippen LogP contribution in [0.15, 0.2) is 17.0 Å². The minimum Gasteiger partial charge on any atom is -0.611 e.